The second-order valence-corrected chi connectivity index (χ2v) is 3.83. The lowest BCUT2D eigenvalue weighted by molar-refractivity contribution is -0.121. The predicted octanol–water partition coefficient (Wildman–Crippen LogP) is 1.65. The highest BCUT2D eigenvalue weighted by molar-refractivity contribution is 5.81. The summed E-state index contributed by atoms with van der Waals surface area (Å²) in [5.41, 5.74) is 1.90. The van der Waals surface area contributed by atoms with E-state index in [0.717, 1.165) is 16.9 Å². The fraction of sp³-hybridized carbons (Fsp3) is 0.231. The van der Waals surface area contributed by atoms with Gasteiger partial charge in [0.25, 0.3) is 0 Å². The molecule has 0 saturated heterocycles. The first-order valence-electron chi connectivity index (χ1n) is 5.52. The van der Waals surface area contributed by atoms with Crippen LogP contribution in [-0.4, -0.2) is 22.0 Å². The molecular formula is C13H15N3O. The van der Waals surface area contributed by atoms with Gasteiger partial charge >= 0.3 is 0 Å². The van der Waals surface area contributed by atoms with Gasteiger partial charge in [-0.3, -0.25) is 4.79 Å². The van der Waals surface area contributed by atoms with Gasteiger partial charge in [-0.2, -0.15) is 0 Å². The Hall–Kier alpha value is -2.10. The molecule has 4 heteroatoms. The fourth-order valence-electron chi connectivity index (χ4n) is 1.78. The van der Waals surface area contributed by atoms with Gasteiger partial charge in [-0.05, 0) is 19.1 Å². The molecule has 0 aliphatic carbocycles. The molecule has 88 valence electrons. The fourth-order valence-corrected chi connectivity index (χ4v) is 1.78. The molecule has 2 aromatic rings. The smallest absolute Gasteiger partial charge is 0.240 e. The Morgan fingerprint density at radius 2 is 2.29 bits per heavy atom. The Labute approximate surface area is 100.0 Å². The molecule has 0 radical (unpaired) electrons. The molecule has 0 saturated carbocycles. The molecule has 0 aliphatic heterocycles. The Balaban J connectivity index is 2.26. The van der Waals surface area contributed by atoms with Crippen LogP contribution in [0.5, 0.6) is 0 Å². The number of nitrogens with one attached hydrogen (secondary N) is 1. The number of carbonyl (C=O) groups excluding carboxylic acids is 1. The van der Waals surface area contributed by atoms with Crippen molar-refractivity contribution in [2.75, 3.05) is 6.54 Å². The standard InChI is InChI=1S/C13H15N3O/c1-3-8-14-13(17)9-16-10(2)15-11-6-4-5-7-12(11)16/h3-7H,1,8-9H2,2H3,(H,14,17). The van der Waals surface area contributed by atoms with E-state index in [9.17, 15) is 4.79 Å². The molecule has 0 bridgehead atoms. The summed E-state index contributed by atoms with van der Waals surface area (Å²) >= 11 is 0. The molecule has 1 N–H and O–H groups in total. The number of amides is 1. The molecule has 17 heavy (non-hydrogen) atoms. The first-order valence-corrected chi connectivity index (χ1v) is 5.52. The van der Waals surface area contributed by atoms with Crippen LogP contribution in [0.15, 0.2) is 36.9 Å². The summed E-state index contributed by atoms with van der Waals surface area (Å²) in [5, 5.41) is 2.76. The normalized spacial score (nSPS) is 10.4. The molecule has 2 rings (SSSR count). The van der Waals surface area contributed by atoms with Crippen molar-refractivity contribution >= 4 is 16.9 Å². The van der Waals surface area contributed by atoms with E-state index in [2.05, 4.69) is 16.9 Å². The van der Waals surface area contributed by atoms with Crippen LogP contribution in [0.25, 0.3) is 11.0 Å². The minimum Gasteiger partial charge on any atom is -0.351 e. The number of hydrogen-bond donors (Lipinski definition) is 1. The van der Waals surface area contributed by atoms with Crippen molar-refractivity contribution < 1.29 is 4.79 Å². The summed E-state index contributed by atoms with van der Waals surface area (Å²) in [4.78, 5) is 16.1. The second kappa shape index (κ2) is 4.82. The van der Waals surface area contributed by atoms with E-state index in [1.54, 1.807) is 6.08 Å². The molecule has 1 aromatic heterocycles. The number of carbonyl (C=O) groups is 1. The first-order chi connectivity index (χ1) is 8.22. The van der Waals surface area contributed by atoms with E-state index in [0.29, 0.717) is 13.1 Å². The number of rotatable bonds is 4. The highest BCUT2D eigenvalue weighted by Crippen LogP contribution is 2.14. The zero-order valence-corrected chi connectivity index (χ0v) is 9.81. The largest absolute Gasteiger partial charge is 0.351 e. The molecule has 4 nitrogen and oxygen atoms in total. The number of para-hydroxylation sites is 2. The van der Waals surface area contributed by atoms with Gasteiger partial charge in [0, 0.05) is 6.54 Å². The Morgan fingerprint density at radius 3 is 3.06 bits per heavy atom. The summed E-state index contributed by atoms with van der Waals surface area (Å²) in [6.45, 7) is 6.25. The van der Waals surface area contributed by atoms with E-state index < -0.39 is 0 Å². The lowest BCUT2D eigenvalue weighted by Gasteiger charge is -2.06. The van der Waals surface area contributed by atoms with Gasteiger partial charge < -0.3 is 9.88 Å². The SMILES string of the molecule is C=CCNC(=O)Cn1c(C)nc2ccccc21. The Bertz CT molecular complexity index is 557. The van der Waals surface area contributed by atoms with Gasteiger partial charge in [0.1, 0.15) is 12.4 Å². The molecule has 1 heterocycles. The Kier molecular flexibility index (Phi) is 3.23. The number of aryl methyl sites for hydroxylation is 1. The number of nitrogens with zero attached hydrogens (tertiary/aromatic N) is 2. The third-order valence-corrected chi connectivity index (χ3v) is 2.59. The van der Waals surface area contributed by atoms with Crippen LogP contribution in [0, 0.1) is 6.92 Å². The third kappa shape index (κ3) is 2.36. The Morgan fingerprint density at radius 1 is 1.53 bits per heavy atom. The average molecular weight is 229 g/mol. The molecule has 0 atom stereocenters. The average Bonchev–Trinajstić information content (AvgIpc) is 2.64. The highest BCUT2D eigenvalue weighted by atomic mass is 16.1. The highest BCUT2D eigenvalue weighted by Gasteiger charge is 2.09. The predicted molar refractivity (Wildman–Crippen MR) is 67.7 cm³/mol. The summed E-state index contributed by atoms with van der Waals surface area (Å²) in [5.74, 6) is 0.816. The van der Waals surface area contributed by atoms with Crippen molar-refractivity contribution in [2.24, 2.45) is 0 Å². The van der Waals surface area contributed by atoms with Crippen molar-refractivity contribution in [2.45, 2.75) is 13.5 Å². The van der Waals surface area contributed by atoms with Crippen LogP contribution in [-0.2, 0) is 11.3 Å². The van der Waals surface area contributed by atoms with Gasteiger partial charge in [-0.15, -0.1) is 6.58 Å². The topological polar surface area (TPSA) is 46.9 Å². The van der Waals surface area contributed by atoms with Crippen LogP contribution < -0.4 is 5.32 Å². The van der Waals surface area contributed by atoms with Crippen LogP contribution in [0.3, 0.4) is 0 Å². The van der Waals surface area contributed by atoms with Crippen LogP contribution >= 0.6 is 0 Å². The molecule has 0 spiro atoms. The van der Waals surface area contributed by atoms with Crippen molar-refractivity contribution in [3.05, 3.63) is 42.7 Å². The second-order valence-electron chi connectivity index (χ2n) is 3.83. The maximum absolute atomic E-state index is 11.7. The molecule has 1 aromatic carbocycles. The third-order valence-electron chi connectivity index (χ3n) is 2.59. The molecule has 1 amide bonds. The van der Waals surface area contributed by atoms with E-state index in [4.69, 9.17) is 0 Å². The van der Waals surface area contributed by atoms with Gasteiger partial charge in [-0.1, -0.05) is 18.2 Å². The van der Waals surface area contributed by atoms with Gasteiger partial charge in [-0.25, -0.2) is 4.98 Å². The number of fused-ring (bicyclic) bond motifs is 1. The van der Waals surface area contributed by atoms with Crippen LogP contribution in [0.4, 0.5) is 0 Å². The minimum absolute atomic E-state index is 0.0313. The number of benzene rings is 1. The van der Waals surface area contributed by atoms with Crippen molar-refractivity contribution in [3.63, 3.8) is 0 Å². The lowest BCUT2D eigenvalue weighted by atomic mass is 10.3. The first kappa shape index (κ1) is 11.4. The van der Waals surface area contributed by atoms with Gasteiger partial charge in [0.15, 0.2) is 0 Å². The zero-order valence-electron chi connectivity index (χ0n) is 9.81. The molecule has 0 aliphatic rings. The number of aromatic nitrogens is 2. The van der Waals surface area contributed by atoms with Crippen LogP contribution in [0.2, 0.25) is 0 Å². The van der Waals surface area contributed by atoms with Crippen LogP contribution in [0.1, 0.15) is 5.82 Å². The monoisotopic (exact) mass is 229 g/mol. The lowest BCUT2D eigenvalue weighted by Crippen LogP contribution is -2.27. The van der Waals surface area contributed by atoms with E-state index in [1.807, 2.05) is 35.8 Å². The van der Waals surface area contributed by atoms with E-state index >= 15 is 0 Å². The quantitative estimate of drug-likeness (QED) is 0.810. The summed E-state index contributed by atoms with van der Waals surface area (Å²) in [6, 6.07) is 7.80. The molecule has 0 unspecified atom stereocenters. The van der Waals surface area contributed by atoms with Crippen molar-refractivity contribution in [1.29, 1.82) is 0 Å². The van der Waals surface area contributed by atoms with Crippen molar-refractivity contribution in [3.8, 4) is 0 Å². The van der Waals surface area contributed by atoms with E-state index in [1.165, 1.54) is 0 Å². The molecular weight excluding hydrogens is 214 g/mol. The molecule has 0 fully saturated rings. The van der Waals surface area contributed by atoms with Gasteiger partial charge in [0.2, 0.25) is 5.91 Å². The maximum Gasteiger partial charge on any atom is 0.240 e. The minimum atomic E-state index is -0.0313. The summed E-state index contributed by atoms with van der Waals surface area (Å²) in [7, 11) is 0. The summed E-state index contributed by atoms with van der Waals surface area (Å²) < 4.78 is 1.91. The maximum atomic E-state index is 11.7. The summed E-state index contributed by atoms with van der Waals surface area (Å²) in [6.07, 6.45) is 1.66. The number of hydrogen-bond acceptors (Lipinski definition) is 2. The number of imidazole rings is 1. The van der Waals surface area contributed by atoms with E-state index in [-0.39, 0.29) is 5.91 Å². The zero-order chi connectivity index (χ0) is 12.3. The van der Waals surface area contributed by atoms with Crippen molar-refractivity contribution in [1.82, 2.24) is 14.9 Å². The van der Waals surface area contributed by atoms with Gasteiger partial charge in [0.05, 0.1) is 11.0 Å².